The van der Waals surface area contributed by atoms with Crippen LogP contribution in [0.5, 0.6) is 0 Å². The largest absolute Gasteiger partial charge is 0.355 e. The van der Waals surface area contributed by atoms with Crippen molar-refractivity contribution in [1.82, 2.24) is 20.0 Å². The molecule has 0 fully saturated rings. The number of hydrogen-bond donors (Lipinski definition) is 1. The van der Waals surface area contributed by atoms with Crippen molar-refractivity contribution in [2.24, 2.45) is 12.0 Å². The van der Waals surface area contributed by atoms with Gasteiger partial charge in [-0.3, -0.25) is 9.67 Å². The van der Waals surface area contributed by atoms with Crippen molar-refractivity contribution in [3.63, 3.8) is 0 Å². The van der Waals surface area contributed by atoms with E-state index in [1.807, 2.05) is 25.2 Å². The Balaban J connectivity index is 1.93. The molecule has 0 unspecified atom stereocenters. The lowest BCUT2D eigenvalue weighted by molar-refractivity contribution is 0.478. The average molecular weight is 367 g/mol. The third-order valence-corrected chi connectivity index (χ3v) is 5.32. The van der Waals surface area contributed by atoms with E-state index in [4.69, 9.17) is 0 Å². The van der Waals surface area contributed by atoms with Crippen molar-refractivity contribution in [3.05, 3.63) is 48.0 Å². The lowest BCUT2D eigenvalue weighted by Gasteiger charge is -2.21. The normalized spacial score (nSPS) is 12.2. The van der Waals surface area contributed by atoms with Crippen LogP contribution < -0.4 is 5.32 Å². The molecule has 1 aromatic heterocycles. The van der Waals surface area contributed by atoms with E-state index in [9.17, 15) is 12.8 Å². The van der Waals surface area contributed by atoms with Crippen LogP contribution in [0.25, 0.3) is 0 Å². The number of aryl methyl sites for hydroxylation is 1. The van der Waals surface area contributed by atoms with Crippen LogP contribution in [-0.4, -0.2) is 55.5 Å². The fraction of sp³-hybridized carbons (Fsp3) is 0.375. The van der Waals surface area contributed by atoms with Gasteiger partial charge in [-0.1, -0.05) is 12.1 Å². The Morgan fingerprint density at radius 2 is 2.12 bits per heavy atom. The number of benzene rings is 1. The number of sulfone groups is 1. The van der Waals surface area contributed by atoms with Gasteiger partial charge in [-0.15, -0.1) is 0 Å². The number of nitrogens with one attached hydrogen (secondary N) is 1. The van der Waals surface area contributed by atoms with Crippen LogP contribution in [0.2, 0.25) is 0 Å². The highest BCUT2D eigenvalue weighted by molar-refractivity contribution is 7.91. The van der Waals surface area contributed by atoms with E-state index >= 15 is 0 Å². The van der Waals surface area contributed by atoms with Gasteiger partial charge in [-0.25, -0.2) is 12.8 Å². The molecule has 25 heavy (non-hydrogen) atoms. The van der Waals surface area contributed by atoms with Gasteiger partial charge in [0.25, 0.3) is 0 Å². The van der Waals surface area contributed by atoms with Crippen LogP contribution in [0.4, 0.5) is 4.39 Å². The first-order valence-electron chi connectivity index (χ1n) is 7.70. The third kappa shape index (κ3) is 5.02. The van der Waals surface area contributed by atoms with E-state index in [2.05, 4.69) is 15.4 Å². The van der Waals surface area contributed by atoms with E-state index in [0.29, 0.717) is 12.5 Å². The Bertz CT molecular complexity index is 848. The van der Waals surface area contributed by atoms with Crippen molar-refractivity contribution in [2.45, 2.75) is 11.4 Å². The van der Waals surface area contributed by atoms with Crippen LogP contribution in [-0.2, 0) is 23.4 Å². The SMILES string of the molecule is CN=C(NCCS(=O)(=O)c1ccccc1F)N(C)Cc1cnn(C)c1. The van der Waals surface area contributed by atoms with Crippen molar-refractivity contribution in [2.75, 3.05) is 26.4 Å². The van der Waals surface area contributed by atoms with Gasteiger partial charge >= 0.3 is 0 Å². The van der Waals surface area contributed by atoms with Crippen LogP contribution in [0.3, 0.4) is 0 Å². The minimum absolute atomic E-state index is 0.126. The Morgan fingerprint density at radius 1 is 1.40 bits per heavy atom. The van der Waals surface area contributed by atoms with Gasteiger partial charge in [0.15, 0.2) is 15.8 Å². The zero-order chi connectivity index (χ0) is 18.4. The predicted molar refractivity (Wildman–Crippen MR) is 94.5 cm³/mol. The Kier molecular flexibility index (Phi) is 6.13. The third-order valence-electron chi connectivity index (χ3n) is 3.58. The molecular formula is C16H22FN5O2S. The summed E-state index contributed by atoms with van der Waals surface area (Å²) in [6, 6.07) is 5.38. The van der Waals surface area contributed by atoms with Crippen molar-refractivity contribution < 1.29 is 12.8 Å². The van der Waals surface area contributed by atoms with Crippen molar-refractivity contribution >= 4 is 15.8 Å². The number of aliphatic imine (C=N–C) groups is 1. The zero-order valence-electron chi connectivity index (χ0n) is 14.5. The van der Waals surface area contributed by atoms with Gasteiger partial charge in [-0.2, -0.15) is 5.10 Å². The molecule has 2 aromatic rings. The van der Waals surface area contributed by atoms with Crippen LogP contribution >= 0.6 is 0 Å². The molecule has 136 valence electrons. The monoisotopic (exact) mass is 367 g/mol. The number of aromatic nitrogens is 2. The molecule has 0 aliphatic carbocycles. The van der Waals surface area contributed by atoms with E-state index in [0.717, 1.165) is 11.6 Å². The molecule has 0 radical (unpaired) electrons. The molecule has 0 bridgehead atoms. The predicted octanol–water partition coefficient (Wildman–Crippen LogP) is 1.04. The maximum Gasteiger partial charge on any atom is 0.193 e. The summed E-state index contributed by atoms with van der Waals surface area (Å²) in [6.45, 7) is 0.703. The molecule has 7 nitrogen and oxygen atoms in total. The number of nitrogens with zero attached hydrogens (tertiary/aromatic N) is 4. The first-order valence-corrected chi connectivity index (χ1v) is 9.35. The van der Waals surface area contributed by atoms with Gasteiger partial charge in [0.2, 0.25) is 0 Å². The molecule has 0 amide bonds. The fourth-order valence-corrected chi connectivity index (χ4v) is 3.63. The minimum atomic E-state index is -3.70. The summed E-state index contributed by atoms with van der Waals surface area (Å²) in [6.07, 6.45) is 3.65. The zero-order valence-corrected chi connectivity index (χ0v) is 15.3. The Labute approximate surface area is 147 Å². The second kappa shape index (κ2) is 8.11. The van der Waals surface area contributed by atoms with Crippen molar-refractivity contribution in [1.29, 1.82) is 0 Å². The lowest BCUT2D eigenvalue weighted by Crippen LogP contribution is -2.40. The molecule has 0 saturated carbocycles. The van der Waals surface area contributed by atoms with Crippen LogP contribution in [0.1, 0.15) is 5.56 Å². The molecule has 0 saturated heterocycles. The standard InChI is InChI=1S/C16H22FN5O2S/c1-18-16(21(2)11-13-10-20-22(3)12-13)19-8-9-25(23,24)15-7-5-4-6-14(15)17/h4-7,10,12H,8-9,11H2,1-3H3,(H,18,19). The highest BCUT2D eigenvalue weighted by Gasteiger charge is 2.18. The number of hydrogen-bond acceptors (Lipinski definition) is 4. The Hall–Kier alpha value is -2.42. The summed E-state index contributed by atoms with van der Waals surface area (Å²) in [4.78, 5) is 5.71. The highest BCUT2D eigenvalue weighted by atomic mass is 32.2. The van der Waals surface area contributed by atoms with E-state index in [-0.39, 0.29) is 17.2 Å². The summed E-state index contributed by atoms with van der Waals surface area (Å²) in [7, 11) is 1.60. The van der Waals surface area contributed by atoms with Gasteiger partial charge < -0.3 is 10.2 Å². The molecule has 2 rings (SSSR count). The smallest absolute Gasteiger partial charge is 0.193 e. The second-order valence-electron chi connectivity index (χ2n) is 5.60. The molecular weight excluding hydrogens is 345 g/mol. The van der Waals surface area contributed by atoms with Gasteiger partial charge in [-0.05, 0) is 12.1 Å². The van der Waals surface area contributed by atoms with Gasteiger partial charge in [0, 0.05) is 46.0 Å². The topological polar surface area (TPSA) is 79.6 Å². The van der Waals surface area contributed by atoms with E-state index in [1.54, 1.807) is 17.9 Å². The molecule has 1 aromatic carbocycles. The molecule has 1 N–H and O–H groups in total. The molecule has 1 heterocycles. The average Bonchev–Trinajstić information content (AvgIpc) is 2.96. The first-order chi connectivity index (χ1) is 11.8. The first kappa shape index (κ1) is 18.9. The summed E-state index contributed by atoms with van der Waals surface area (Å²) < 4.78 is 39.9. The maximum atomic E-state index is 13.7. The van der Waals surface area contributed by atoms with Gasteiger partial charge in [0.05, 0.1) is 11.9 Å². The lowest BCUT2D eigenvalue weighted by atomic mass is 10.3. The van der Waals surface area contributed by atoms with E-state index in [1.165, 1.54) is 18.2 Å². The summed E-state index contributed by atoms with van der Waals surface area (Å²) in [5.74, 6) is -0.415. The molecule has 0 spiro atoms. The van der Waals surface area contributed by atoms with E-state index < -0.39 is 15.7 Å². The quantitative estimate of drug-likeness (QED) is 0.610. The molecule has 0 aliphatic rings. The summed E-state index contributed by atoms with van der Waals surface area (Å²) >= 11 is 0. The minimum Gasteiger partial charge on any atom is -0.355 e. The number of guanidine groups is 1. The highest BCUT2D eigenvalue weighted by Crippen LogP contribution is 2.14. The van der Waals surface area contributed by atoms with Gasteiger partial charge in [0.1, 0.15) is 10.7 Å². The van der Waals surface area contributed by atoms with Crippen molar-refractivity contribution in [3.8, 4) is 0 Å². The molecule has 0 atom stereocenters. The van der Waals surface area contributed by atoms with Crippen LogP contribution in [0, 0.1) is 5.82 Å². The number of halogens is 1. The molecule has 0 aliphatic heterocycles. The van der Waals surface area contributed by atoms with Crippen LogP contribution in [0.15, 0.2) is 46.5 Å². The molecule has 9 heteroatoms. The summed E-state index contributed by atoms with van der Waals surface area (Å²) in [5.41, 5.74) is 1.01. The maximum absolute atomic E-state index is 13.7. The Morgan fingerprint density at radius 3 is 2.72 bits per heavy atom. The number of rotatable bonds is 6. The summed E-state index contributed by atoms with van der Waals surface area (Å²) in [5, 5.41) is 7.09. The second-order valence-corrected chi connectivity index (χ2v) is 7.68. The fourth-order valence-electron chi connectivity index (χ4n) is 2.39.